The molecule has 0 aliphatic carbocycles. The van der Waals surface area contributed by atoms with Crippen LogP contribution in [0, 0.1) is 11.8 Å². The smallest absolute Gasteiger partial charge is 0.217 e. The molecular formula is C15H27NO3. The molecule has 1 saturated heterocycles. The van der Waals surface area contributed by atoms with E-state index in [2.05, 4.69) is 25.7 Å². The number of carbonyl (C=O) groups is 1. The topological polar surface area (TPSA) is 58.6 Å². The van der Waals surface area contributed by atoms with Crippen molar-refractivity contribution in [3.63, 3.8) is 0 Å². The first-order chi connectivity index (χ1) is 8.74. The van der Waals surface area contributed by atoms with Crippen LogP contribution >= 0.6 is 0 Å². The monoisotopic (exact) mass is 269 g/mol. The van der Waals surface area contributed by atoms with Crippen LogP contribution in [0.3, 0.4) is 0 Å². The molecule has 4 nitrogen and oxygen atoms in total. The average Bonchev–Trinajstić information content (AvgIpc) is 2.53. The van der Waals surface area contributed by atoms with Crippen molar-refractivity contribution in [1.82, 2.24) is 5.32 Å². The quantitative estimate of drug-likeness (QED) is 0.749. The predicted molar refractivity (Wildman–Crippen MR) is 75.7 cm³/mol. The molecule has 1 unspecified atom stereocenters. The Balaban J connectivity index is 3.08. The van der Waals surface area contributed by atoms with Crippen LogP contribution in [-0.2, 0) is 9.53 Å². The summed E-state index contributed by atoms with van der Waals surface area (Å²) in [6, 6.07) is 0. The van der Waals surface area contributed by atoms with Crippen molar-refractivity contribution in [1.29, 1.82) is 0 Å². The molecule has 4 atom stereocenters. The first kappa shape index (κ1) is 16.2. The van der Waals surface area contributed by atoms with Gasteiger partial charge in [-0.25, -0.2) is 0 Å². The van der Waals surface area contributed by atoms with E-state index in [1.54, 1.807) is 6.08 Å². The number of hydrogen-bond donors (Lipinski definition) is 2. The molecule has 2 N–H and O–H groups in total. The molecule has 4 heteroatoms. The molecule has 0 spiro atoms. The predicted octanol–water partition coefficient (Wildman–Crippen LogP) is 1.88. The number of amides is 1. The Morgan fingerprint density at radius 1 is 1.47 bits per heavy atom. The fourth-order valence-corrected chi connectivity index (χ4v) is 2.95. The van der Waals surface area contributed by atoms with Gasteiger partial charge in [-0.2, -0.15) is 0 Å². The van der Waals surface area contributed by atoms with Crippen LogP contribution in [0.25, 0.3) is 0 Å². The Morgan fingerprint density at radius 2 is 2.05 bits per heavy atom. The maximum Gasteiger partial charge on any atom is 0.217 e. The SMILES string of the molecule is C=CC1(NC(C)=O)[C@H](O)[C@@H](CC(C)C)O[C@H]1C(C)C. The first-order valence-electron chi connectivity index (χ1n) is 7.00. The third kappa shape index (κ3) is 3.18. The molecule has 110 valence electrons. The fraction of sp³-hybridized carbons (Fsp3) is 0.800. The lowest BCUT2D eigenvalue weighted by atomic mass is 9.80. The molecule has 1 aliphatic rings. The minimum Gasteiger partial charge on any atom is -0.388 e. The highest BCUT2D eigenvalue weighted by Crippen LogP contribution is 2.38. The zero-order valence-corrected chi connectivity index (χ0v) is 12.6. The van der Waals surface area contributed by atoms with E-state index in [-0.39, 0.29) is 24.0 Å². The zero-order valence-electron chi connectivity index (χ0n) is 12.6. The summed E-state index contributed by atoms with van der Waals surface area (Å²) in [5.74, 6) is 0.417. The van der Waals surface area contributed by atoms with E-state index in [9.17, 15) is 9.90 Å². The summed E-state index contributed by atoms with van der Waals surface area (Å²) < 4.78 is 6.02. The summed E-state index contributed by atoms with van der Waals surface area (Å²) in [5, 5.41) is 13.5. The van der Waals surface area contributed by atoms with E-state index in [1.165, 1.54) is 6.92 Å². The second kappa shape index (κ2) is 6.06. The summed E-state index contributed by atoms with van der Waals surface area (Å²) in [7, 11) is 0. The van der Waals surface area contributed by atoms with Crippen LogP contribution in [0.2, 0.25) is 0 Å². The summed E-state index contributed by atoms with van der Waals surface area (Å²) in [4.78, 5) is 11.5. The van der Waals surface area contributed by atoms with Crippen LogP contribution in [0.5, 0.6) is 0 Å². The average molecular weight is 269 g/mol. The van der Waals surface area contributed by atoms with Gasteiger partial charge in [-0.3, -0.25) is 4.79 Å². The van der Waals surface area contributed by atoms with E-state index in [4.69, 9.17) is 4.74 Å². The minimum atomic E-state index is -0.889. The molecule has 1 rings (SSSR count). The van der Waals surface area contributed by atoms with E-state index in [0.29, 0.717) is 5.92 Å². The van der Waals surface area contributed by atoms with Crippen molar-refractivity contribution < 1.29 is 14.6 Å². The normalized spacial score (nSPS) is 34.8. The maximum atomic E-state index is 11.5. The van der Waals surface area contributed by atoms with Crippen molar-refractivity contribution in [3.05, 3.63) is 12.7 Å². The molecule has 0 aromatic heterocycles. The van der Waals surface area contributed by atoms with Gasteiger partial charge in [0.2, 0.25) is 5.91 Å². The van der Waals surface area contributed by atoms with Crippen molar-refractivity contribution in [2.75, 3.05) is 0 Å². The van der Waals surface area contributed by atoms with Gasteiger partial charge in [-0.15, -0.1) is 6.58 Å². The van der Waals surface area contributed by atoms with E-state index in [1.807, 2.05) is 13.8 Å². The van der Waals surface area contributed by atoms with Crippen LogP contribution in [0.1, 0.15) is 41.0 Å². The van der Waals surface area contributed by atoms with Gasteiger partial charge in [0.1, 0.15) is 11.6 Å². The van der Waals surface area contributed by atoms with Gasteiger partial charge < -0.3 is 15.2 Å². The third-order valence-electron chi connectivity index (χ3n) is 3.67. The van der Waals surface area contributed by atoms with Crippen molar-refractivity contribution in [3.8, 4) is 0 Å². The van der Waals surface area contributed by atoms with E-state index >= 15 is 0 Å². The van der Waals surface area contributed by atoms with Gasteiger partial charge in [0.15, 0.2) is 0 Å². The molecule has 0 aromatic carbocycles. The summed E-state index contributed by atoms with van der Waals surface area (Å²) in [6.07, 6.45) is 1.11. The molecule has 0 saturated carbocycles. The second-order valence-corrected chi connectivity index (χ2v) is 6.23. The highest BCUT2D eigenvalue weighted by Gasteiger charge is 2.55. The Bertz CT molecular complexity index is 340. The largest absolute Gasteiger partial charge is 0.388 e. The maximum absolute atomic E-state index is 11.5. The number of nitrogens with one attached hydrogen (secondary N) is 1. The van der Waals surface area contributed by atoms with Crippen molar-refractivity contribution in [2.24, 2.45) is 11.8 Å². The van der Waals surface area contributed by atoms with Gasteiger partial charge >= 0.3 is 0 Å². The molecular weight excluding hydrogens is 242 g/mol. The molecule has 1 amide bonds. The lowest BCUT2D eigenvalue weighted by molar-refractivity contribution is -0.122. The third-order valence-corrected chi connectivity index (χ3v) is 3.67. The number of carbonyl (C=O) groups excluding carboxylic acids is 1. The second-order valence-electron chi connectivity index (χ2n) is 6.23. The number of aliphatic hydroxyl groups excluding tert-OH is 1. The Labute approximate surface area is 116 Å². The zero-order chi connectivity index (χ0) is 14.8. The lowest BCUT2D eigenvalue weighted by Gasteiger charge is -2.36. The highest BCUT2D eigenvalue weighted by atomic mass is 16.5. The van der Waals surface area contributed by atoms with E-state index in [0.717, 1.165) is 6.42 Å². The van der Waals surface area contributed by atoms with Crippen LogP contribution in [0.15, 0.2) is 12.7 Å². The Hall–Kier alpha value is -0.870. The van der Waals surface area contributed by atoms with Crippen molar-refractivity contribution >= 4 is 5.91 Å². The van der Waals surface area contributed by atoms with Gasteiger partial charge in [0.05, 0.1) is 12.2 Å². The van der Waals surface area contributed by atoms with Gasteiger partial charge in [0.25, 0.3) is 0 Å². The van der Waals surface area contributed by atoms with Gasteiger partial charge in [-0.1, -0.05) is 33.8 Å². The molecule has 1 fully saturated rings. The number of aliphatic hydroxyl groups is 1. The molecule has 0 aromatic rings. The molecule has 1 aliphatic heterocycles. The summed E-state index contributed by atoms with van der Waals surface area (Å²) >= 11 is 0. The number of ether oxygens (including phenoxy) is 1. The number of rotatable bonds is 5. The van der Waals surface area contributed by atoms with Crippen LogP contribution in [-0.4, -0.2) is 34.9 Å². The van der Waals surface area contributed by atoms with Crippen molar-refractivity contribution in [2.45, 2.75) is 64.9 Å². The summed E-state index contributed by atoms with van der Waals surface area (Å²) in [5.41, 5.74) is -0.889. The Morgan fingerprint density at radius 3 is 2.42 bits per heavy atom. The molecule has 1 heterocycles. The van der Waals surface area contributed by atoms with Gasteiger partial charge in [0, 0.05) is 6.92 Å². The Kier molecular flexibility index (Phi) is 5.16. The van der Waals surface area contributed by atoms with Crippen LogP contribution in [0.4, 0.5) is 0 Å². The standard InChI is InChI=1S/C15H27NO3/c1-7-15(16-11(6)17)13(18)12(8-9(2)3)19-14(15)10(4)5/h7,9-10,12-14,18H,1,8H2,2-6H3,(H,16,17)/t12-,13-,14+,15?/m1/s1. The summed E-state index contributed by atoms with van der Waals surface area (Å²) in [6.45, 7) is 13.5. The van der Waals surface area contributed by atoms with Crippen LogP contribution < -0.4 is 5.32 Å². The number of hydrogen-bond acceptors (Lipinski definition) is 3. The van der Waals surface area contributed by atoms with E-state index < -0.39 is 11.6 Å². The highest BCUT2D eigenvalue weighted by molar-refractivity contribution is 5.74. The minimum absolute atomic E-state index is 0.177. The van der Waals surface area contributed by atoms with Gasteiger partial charge in [-0.05, 0) is 18.3 Å². The molecule has 0 radical (unpaired) electrons. The molecule has 19 heavy (non-hydrogen) atoms. The first-order valence-corrected chi connectivity index (χ1v) is 7.00. The molecule has 0 bridgehead atoms. The fourth-order valence-electron chi connectivity index (χ4n) is 2.95. The lowest BCUT2D eigenvalue weighted by Crippen LogP contribution is -2.60.